The Kier molecular flexibility index (Phi) is 5.01. The second kappa shape index (κ2) is 7.60. The highest BCUT2D eigenvalue weighted by molar-refractivity contribution is 6.21. The molecular weight excluding hydrogens is 350 g/mol. The van der Waals surface area contributed by atoms with Gasteiger partial charge in [0, 0.05) is 23.5 Å². The summed E-state index contributed by atoms with van der Waals surface area (Å²) in [5.41, 5.74) is 5.49. The van der Waals surface area contributed by atoms with Crippen LogP contribution in [0.5, 0.6) is 0 Å². The Hall–Kier alpha value is -2.92. The first-order chi connectivity index (χ1) is 13.6. The Labute approximate surface area is 164 Å². The van der Waals surface area contributed by atoms with Crippen LogP contribution in [0.25, 0.3) is 10.9 Å². The third kappa shape index (κ3) is 3.45. The topological polar surface area (TPSA) is 69.8 Å². The first kappa shape index (κ1) is 18.4. The normalized spacial score (nSPS) is 17.1. The van der Waals surface area contributed by atoms with Crippen molar-refractivity contribution in [3.8, 4) is 0 Å². The molecule has 1 atom stereocenters. The predicted molar refractivity (Wildman–Crippen MR) is 110 cm³/mol. The molecule has 1 aromatic heterocycles. The maximum absolute atomic E-state index is 12.8. The highest BCUT2D eigenvalue weighted by Crippen LogP contribution is 2.23. The number of hydrogen-bond donors (Lipinski definition) is 2. The SMILES string of the molecule is CCc1ccc(N2C(=O)C[C@H]([NH2+]CCc3c[nH]c4ccc(C)cc34)C2=O)cc1. The predicted octanol–water partition coefficient (Wildman–Crippen LogP) is 2.48. The number of aromatic amines is 1. The van der Waals surface area contributed by atoms with Crippen molar-refractivity contribution in [1.29, 1.82) is 0 Å². The van der Waals surface area contributed by atoms with Crippen LogP contribution >= 0.6 is 0 Å². The van der Waals surface area contributed by atoms with Gasteiger partial charge in [0.05, 0.1) is 18.7 Å². The molecule has 0 radical (unpaired) electrons. The van der Waals surface area contributed by atoms with E-state index in [0.717, 1.165) is 24.9 Å². The number of benzene rings is 2. The summed E-state index contributed by atoms with van der Waals surface area (Å²) in [5.74, 6) is -0.220. The lowest BCUT2D eigenvalue weighted by Gasteiger charge is -2.14. The van der Waals surface area contributed by atoms with E-state index >= 15 is 0 Å². The molecule has 2 aromatic carbocycles. The van der Waals surface area contributed by atoms with Crippen molar-refractivity contribution >= 4 is 28.4 Å². The van der Waals surface area contributed by atoms with Crippen LogP contribution in [0.2, 0.25) is 0 Å². The van der Waals surface area contributed by atoms with Gasteiger partial charge in [-0.05, 0) is 48.7 Å². The second-order valence-corrected chi connectivity index (χ2v) is 7.54. The minimum atomic E-state index is -0.328. The third-order valence-electron chi connectivity index (χ3n) is 5.57. The van der Waals surface area contributed by atoms with Crippen LogP contribution in [0.1, 0.15) is 30.0 Å². The van der Waals surface area contributed by atoms with Gasteiger partial charge in [0.2, 0.25) is 5.91 Å². The average molecular weight is 376 g/mol. The highest BCUT2D eigenvalue weighted by Gasteiger charge is 2.42. The average Bonchev–Trinajstić information content (AvgIpc) is 3.22. The number of nitrogens with two attached hydrogens (primary N) is 1. The van der Waals surface area contributed by atoms with Crippen LogP contribution in [-0.4, -0.2) is 29.4 Å². The smallest absolute Gasteiger partial charge is 0.292 e. The summed E-state index contributed by atoms with van der Waals surface area (Å²) < 4.78 is 0. The quantitative estimate of drug-likeness (QED) is 0.649. The van der Waals surface area contributed by atoms with E-state index in [2.05, 4.69) is 37.0 Å². The summed E-state index contributed by atoms with van der Waals surface area (Å²) in [4.78, 5) is 29.9. The van der Waals surface area contributed by atoms with E-state index in [0.29, 0.717) is 5.69 Å². The first-order valence-electron chi connectivity index (χ1n) is 9.92. The minimum Gasteiger partial charge on any atom is -0.361 e. The van der Waals surface area contributed by atoms with E-state index in [1.54, 1.807) is 0 Å². The zero-order valence-corrected chi connectivity index (χ0v) is 16.4. The van der Waals surface area contributed by atoms with Gasteiger partial charge in [-0.25, -0.2) is 4.90 Å². The maximum Gasteiger partial charge on any atom is 0.292 e. The molecule has 1 aliphatic heterocycles. The second-order valence-electron chi connectivity index (χ2n) is 7.54. The fraction of sp³-hybridized carbons (Fsp3) is 0.304. The van der Waals surface area contributed by atoms with Crippen molar-refractivity contribution < 1.29 is 14.9 Å². The minimum absolute atomic E-state index is 0.107. The van der Waals surface area contributed by atoms with Crippen LogP contribution < -0.4 is 10.2 Å². The largest absolute Gasteiger partial charge is 0.361 e. The van der Waals surface area contributed by atoms with Gasteiger partial charge in [-0.15, -0.1) is 0 Å². The molecule has 4 rings (SSSR count). The molecule has 0 aliphatic carbocycles. The number of aryl methyl sites for hydroxylation is 2. The molecule has 2 amide bonds. The molecule has 0 unspecified atom stereocenters. The van der Waals surface area contributed by atoms with Crippen LogP contribution in [-0.2, 0) is 22.4 Å². The summed E-state index contributed by atoms with van der Waals surface area (Å²) in [5, 5.41) is 3.25. The number of rotatable bonds is 6. The number of anilines is 1. The van der Waals surface area contributed by atoms with Crippen LogP contribution in [0.15, 0.2) is 48.7 Å². The Balaban J connectivity index is 1.40. The number of quaternary nitrogens is 1. The number of carbonyl (C=O) groups excluding carboxylic acids is 2. The summed E-state index contributed by atoms with van der Waals surface area (Å²) in [7, 11) is 0. The monoisotopic (exact) mass is 376 g/mol. The summed E-state index contributed by atoms with van der Waals surface area (Å²) in [6, 6.07) is 13.7. The molecule has 3 aromatic rings. The fourth-order valence-corrected chi connectivity index (χ4v) is 3.93. The number of nitrogens with one attached hydrogen (secondary N) is 1. The highest BCUT2D eigenvalue weighted by atomic mass is 16.2. The molecule has 2 heterocycles. The van der Waals surface area contributed by atoms with E-state index in [4.69, 9.17) is 0 Å². The van der Waals surface area contributed by atoms with Gasteiger partial charge in [0.25, 0.3) is 5.91 Å². The lowest BCUT2D eigenvalue weighted by molar-refractivity contribution is -0.674. The number of hydrogen-bond acceptors (Lipinski definition) is 2. The Bertz CT molecular complexity index is 1020. The molecule has 1 aliphatic rings. The van der Waals surface area contributed by atoms with Gasteiger partial charge < -0.3 is 10.3 Å². The molecule has 1 saturated heterocycles. The Morgan fingerprint density at radius 3 is 2.68 bits per heavy atom. The Morgan fingerprint density at radius 1 is 1.14 bits per heavy atom. The van der Waals surface area contributed by atoms with E-state index in [-0.39, 0.29) is 24.3 Å². The molecule has 0 bridgehead atoms. The number of H-pyrrole nitrogens is 1. The first-order valence-corrected chi connectivity index (χ1v) is 9.92. The van der Waals surface area contributed by atoms with Gasteiger partial charge in [0.15, 0.2) is 6.04 Å². The molecule has 1 fully saturated rings. The number of fused-ring (bicyclic) bond motifs is 1. The van der Waals surface area contributed by atoms with Crippen molar-refractivity contribution in [2.24, 2.45) is 0 Å². The number of aromatic nitrogens is 1. The lowest BCUT2D eigenvalue weighted by atomic mass is 10.1. The van der Waals surface area contributed by atoms with Crippen molar-refractivity contribution in [2.45, 2.75) is 39.2 Å². The summed E-state index contributed by atoms with van der Waals surface area (Å²) in [6.45, 7) is 4.95. The van der Waals surface area contributed by atoms with Gasteiger partial charge in [-0.1, -0.05) is 30.7 Å². The lowest BCUT2D eigenvalue weighted by Crippen LogP contribution is -2.92. The van der Waals surface area contributed by atoms with Crippen LogP contribution in [0.3, 0.4) is 0 Å². The van der Waals surface area contributed by atoms with Crippen LogP contribution in [0.4, 0.5) is 5.69 Å². The van der Waals surface area contributed by atoms with Crippen molar-refractivity contribution in [2.75, 3.05) is 11.4 Å². The van der Waals surface area contributed by atoms with E-state index in [9.17, 15) is 9.59 Å². The van der Waals surface area contributed by atoms with Crippen molar-refractivity contribution in [3.63, 3.8) is 0 Å². The van der Waals surface area contributed by atoms with E-state index < -0.39 is 0 Å². The molecule has 5 heteroatoms. The van der Waals surface area contributed by atoms with Crippen molar-refractivity contribution in [1.82, 2.24) is 4.98 Å². The molecule has 144 valence electrons. The number of imide groups is 1. The Morgan fingerprint density at radius 2 is 1.93 bits per heavy atom. The van der Waals surface area contributed by atoms with E-state index in [1.165, 1.54) is 27.0 Å². The van der Waals surface area contributed by atoms with E-state index in [1.807, 2.05) is 35.8 Å². The zero-order chi connectivity index (χ0) is 19.7. The van der Waals surface area contributed by atoms with Crippen molar-refractivity contribution in [3.05, 3.63) is 65.4 Å². The third-order valence-corrected chi connectivity index (χ3v) is 5.57. The molecule has 0 spiro atoms. The molecule has 5 nitrogen and oxygen atoms in total. The van der Waals surface area contributed by atoms with Gasteiger partial charge >= 0.3 is 0 Å². The van der Waals surface area contributed by atoms with Gasteiger partial charge in [-0.2, -0.15) is 0 Å². The number of nitrogens with zero attached hydrogens (tertiary/aromatic N) is 1. The molecular formula is C23H26N3O2+. The van der Waals surface area contributed by atoms with Gasteiger partial charge in [0.1, 0.15) is 0 Å². The number of carbonyl (C=O) groups is 2. The maximum atomic E-state index is 12.8. The fourth-order valence-electron chi connectivity index (χ4n) is 3.93. The summed E-state index contributed by atoms with van der Waals surface area (Å²) in [6.07, 6.45) is 4.10. The summed E-state index contributed by atoms with van der Waals surface area (Å²) >= 11 is 0. The number of amides is 2. The molecule has 3 N–H and O–H groups in total. The molecule has 0 saturated carbocycles. The van der Waals surface area contributed by atoms with Crippen LogP contribution in [0, 0.1) is 6.92 Å². The molecule has 28 heavy (non-hydrogen) atoms. The zero-order valence-electron chi connectivity index (χ0n) is 16.4. The van der Waals surface area contributed by atoms with Gasteiger partial charge in [-0.3, -0.25) is 9.59 Å². The standard InChI is InChI=1S/C23H25N3O2/c1-3-16-5-7-18(8-6-16)26-22(27)13-21(23(26)28)24-11-10-17-14-25-20-9-4-15(2)12-19(17)20/h4-9,12,14,21,24-25H,3,10-11,13H2,1-2H3/p+1/t21-/m0/s1.